The summed E-state index contributed by atoms with van der Waals surface area (Å²) in [6.45, 7) is 5.46. The van der Waals surface area contributed by atoms with Crippen molar-refractivity contribution in [1.29, 1.82) is 0 Å². The van der Waals surface area contributed by atoms with E-state index in [0.717, 1.165) is 17.7 Å². The Balaban J connectivity index is 2.43. The lowest BCUT2D eigenvalue weighted by molar-refractivity contribution is 0.602. The number of para-hydroxylation sites is 1. The standard InChI is InChI=1S/C13H16FN3/c1-3-15-8-11-5-4-6-12(14)13(11)17-9-10(2)7-16-17/h4-7,9,15H,3,8H2,1-2H3. The molecule has 0 radical (unpaired) electrons. The molecule has 0 aliphatic rings. The SMILES string of the molecule is CCNCc1cccc(F)c1-n1cc(C)cn1. The van der Waals surface area contributed by atoms with E-state index in [1.165, 1.54) is 6.07 Å². The van der Waals surface area contributed by atoms with Gasteiger partial charge in [-0.2, -0.15) is 5.10 Å². The predicted octanol–water partition coefficient (Wildman–Crippen LogP) is 2.43. The molecule has 1 N–H and O–H groups in total. The summed E-state index contributed by atoms with van der Waals surface area (Å²) in [5.74, 6) is -0.247. The molecule has 0 amide bonds. The Hall–Kier alpha value is -1.68. The van der Waals surface area contributed by atoms with Crippen LogP contribution in [0.15, 0.2) is 30.6 Å². The zero-order valence-electron chi connectivity index (χ0n) is 10.1. The van der Waals surface area contributed by atoms with Gasteiger partial charge in [-0.3, -0.25) is 0 Å². The summed E-state index contributed by atoms with van der Waals surface area (Å²) < 4.78 is 15.5. The van der Waals surface area contributed by atoms with E-state index in [-0.39, 0.29) is 5.82 Å². The van der Waals surface area contributed by atoms with Crippen molar-refractivity contribution in [1.82, 2.24) is 15.1 Å². The summed E-state index contributed by atoms with van der Waals surface area (Å²) in [5, 5.41) is 7.37. The van der Waals surface area contributed by atoms with Crippen molar-refractivity contribution in [3.05, 3.63) is 47.5 Å². The molecule has 0 bridgehead atoms. The van der Waals surface area contributed by atoms with E-state index in [2.05, 4.69) is 10.4 Å². The van der Waals surface area contributed by atoms with Gasteiger partial charge in [0.1, 0.15) is 11.5 Å². The lowest BCUT2D eigenvalue weighted by atomic mass is 10.1. The second kappa shape index (κ2) is 5.10. The third-order valence-corrected chi connectivity index (χ3v) is 2.58. The number of nitrogens with one attached hydrogen (secondary N) is 1. The number of halogens is 1. The molecule has 0 saturated carbocycles. The lowest BCUT2D eigenvalue weighted by Gasteiger charge is -2.10. The Morgan fingerprint density at radius 2 is 2.24 bits per heavy atom. The number of aromatic nitrogens is 2. The van der Waals surface area contributed by atoms with E-state index in [1.54, 1.807) is 16.9 Å². The number of nitrogens with zero attached hydrogens (tertiary/aromatic N) is 2. The molecule has 0 saturated heterocycles. The maximum Gasteiger partial charge on any atom is 0.149 e. The van der Waals surface area contributed by atoms with Gasteiger partial charge in [0.05, 0.1) is 6.20 Å². The Morgan fingerprint density at radius 1 is 1.41 bits per heavy atom. The molecule has 17 heavy (non-hydrogen) atoms. The average molecular weight is 233 g/mol. The number of hydrogen-bond donors (Lipinski definition) is 1. The summed E-state index contributed by atoms with van der Waals surface area (Å²) in [4.78, 5) is 0. The second-order valence-electron chi connectivity index (χ2n) is 3.99. The summed E-state index contributed by atoms with van der Waals surface area (Å²) in [6, 6.07) is 5.10. The first-order valence-corrected chi connectivity index (χ1v) is 5.72. The van der Waals surface area contributed by atoms with Crippen LogP contribution in [0.1, 0.15) is 18.1 Å². The van der Waals surface area contributed by atoms with Crippen LogP contribution in [-0.4, -0.2) is 16.3 Å². The summed E-state index contributed by atoms with van der Waals surface area (Å²) in [6.07, 6.45) is 3.55. The fourth-order valence-electron chi connectivity index (χ4n) is 1.75. The molecule has 0 spiro atoms. The fraction of sp³-hybridized carbons (Fsp3) is 0.308. The largest absolute Gasteiger partial charge is 0.313 e. The van der Waals surface area contributed by atoms with Gasteiger partial charge in [0.2, 0.25) is 0 Å². The van der Waals surface area contributed by atoms with Gasteiger partial charge in [-0.15, -0.1) is 0 Å². The molecule has 90 valence electrons. The highest BCUT2D eigenvalue weighted by atomic mass is 19.1. The van der Waals surface area contributed by atoms with E-state index in [1.807, 2.05) is 26.1 Å². The van der Waals surface area contributed by atoms with Crippen LogP contribution >= 0.6 is 0 Å². The van der Waals surface area contributed by atoms with E-state index in [0.29, 0.717) is 12.2 Å². The van der Waals surface area contributed by atoms with E-state index in [9.17, 15) is 4.39 Å². The molecule has 4 heteroatoms. The van der Waals surface area contributed by atoms with Gasteiger partial charge in [0.15, 0.2) is 0 Å². The molecule has 0 unspecified atom stereocenters. The van der Waals surface area contributed by atoms with Crippen molar-refractivity contribution in [3.8, 4) is 5.69 Å². The van der Waals surface area contributed by atoms with Crippen molar-refractivity contribution in [2.75, 3.05) is 6.54 Å². The fourth-order valence-corrected chi connectivity index (χ4v) is 1.75. The van der Waals surface area contributed by atoms with Gasteiger partial charge < -0.3 is 5.32 Å². The zero-order valence-corrected chi connectivity index (χ0v) is 10.1. The first kappa shape index (κ1) is 11.8. The molecule has 2 rings (SSSR count). The van der Waals surface area contributed by atoms with Crippen molar-refractivity contribution in [2.24, 2.45) is 0 Å². The van der Waals surface area contributed by atoms with Crippen molar-refractivity contribution >= 4 is 0 Å². The first-order chi connectivity index (χ1) is 8.22. The quantitative estimate of drug-likeness (QED) is 0.879. The summed E-state index contributed by atoms with van der Waals surface area (Å²) in [5.41, 5.74) is 2.46. The maximum atomic E-state index is 13.9. The van der Waals surface area contributed by atoms with Gasteiger partial charge in [-0.25, -0.2) is 9.07 Å². The lowest BCUT2D eigenvalue weighted by Crippen LogP contribution is -2.15. The van der Waals surface area contributed by atoms with Gasteiger partial charge in [-0.05, 0) is 30.7 Å². The minimum absolute atomic E-state index is 0.247. The smallest absolute Gasteiger partial charge is 0.149 e. The third kappa shape index (κ3) is 2.53. The van der Waals surface area contributed by atoms with Crippen molar-refractivity contribution in [3.63, 3.8) is 0 Å². The third-order valence-electron chi connectivity index (χ3n) is 2.58. The molecule has 0 atom stereocenters. The van der Waals surface area contributed by atoms with E-state index < -0.39 is 0 Å². The predicted molar refractivity (Wildman–Crippen MR) is 65.6 cm³/mol. The highest BCUT2D eigenvalue weighted by molar-refractivity contribution is 5.42. The zero-order chi connectivity index (χ0) is 12.3. The topological polar surface area (TPSA) is 29.9 Å². The number of aryl methyl sites for hydroxylation is 1. The van der Waals surface area contributed by atoms with Crippen LogP contribution in [0.3, 0.4) is 0 Å². The molecule has 0 fully saturated rings. The monoisotopic (exact) mass is 233 g/mol. The molecule has 1 aromatic heterocycles. The highest BCUT2D eigenvalue weighted by Crippen LogP contribution is 2.18. The molecule has 1 heterocycles. The van der Waals surface area contributed by atoms with Gasteiger partial charge in [-0.1, -0.05) is 19.1 Å². The van der Waals surface area contributed by atoms with Crippen LogP contribution < -0.4 is 5.32 Å². The number of rotatable bonds is 4. The van der Waals surface area contributed by atoms with Crippen molar-refractivity contribution in [2.45, 2.75) is 20.4 Å². The van der Waals surface area contributed by atoms with Gasteiger partial charge >= 0.3 is 0 Å². The minimum atomic E-state index is -0.247. The minimum Gasteiger partial charge on any atom is -0.313 e. The normalized spacial score (nSPS) is 10.8. The van der Waals surface area contributed by atoms with E-state index >= 15 is 0 Å². The molecular weight excluding hydrogens is 217 g/mol. The van der Waals surface area contributed by atoms with Crippen molar-refractivity contribution < 1.29 is 4.39 Å². The van der Waals surface area contributed by atoms with E-state index in [4.69, 9.17) is 0 Å². The second-order valence-corrected chi connectivity index (χ2v) is 3.99. The van der Waals surface area contributed by atoms with Crippen LogP contribution in [-0.2, 0) is 6.54 Å². The summed E-state index contributed by atoms with van der Waals surface area (Å²) >= 11 is 0. The highest BCUT2D eigenvalue weighted by Gasteiger charge is 2.10. The van der Waals surface area contributed by atoms with Crippen LogP contribution in [0.25, 0.3) is 5.69 Å². The molecule has 1 aromatic carbocycles. The summed E-state index contributed by atoms with van der Waals surface area (Å²) in [7, 11) is 0. The Labute approximate surface area is 100 Å². The molecule has 3 nitrogen and oxygen atoms in total. The number of hydrogen-bond acceptors (Lipinski definition) is 2. The first-order valence-electron chi connectivity index (χ1n) is 5.72. The molecule has 2 aromatic rings. The molecule has 0 aliphatic heterocycles. The van der Waals surface area contributed by atoms with Crippen LogP contribution in [0, 0.1) is 12.7 Å². The molecule has 0 aliphatic carbocycles. The molecular formula is C13H16FN3. The van der Waals surface area contributed by atoms with Crippen LogP contribution in [0.5, 0.6) is 0 Å². The maximum absolute atomic E-state index is 13.9. The van der Waals surface area contributed by atoms with Crippen LogP contribution in [0.4, 0.5) is 4.39 Å². The average Bonchev–Trinajstić information content (AvgIpc) is 2.73. The number of benzene rings is 1. The van der Waals surface area contributed by atoms with Gasteiger partial charge in [0.25, 0.3) is 0 Å². The van der Waals surface area contributed by atoms with Gasteiger partial charge in [0, 0.05) is 12.7 Å². The Bertz CT molecular complexity index is 505. The Kier molecular flexibility index (Phi) is 3.54. The Morgan fingerprint density at radius 3 is 2.88 bits per heavy atom. The van der Waals surface area contributed by atoms with Crippen LogP contribution in [0.2, 0.25) is 0 Å².